The molecule has 1 fully saturated rings. The molecule has 3 rings (SSSR count). The van der Waals surface area contributed by atoms with Gasteiger partial charge in [0.15, 0.2) is 5.57 Å². The van der Waals surface area contributed by atoms with Gasteiger partial charge in [0.2, 0.25) is 11.2 Å². The first-order valence-electron chi connectivity index (χ1n) is 10.3. The molecule has 1 aliphatic rings. The highest BCUT2D eigenvalue weighted by atomic mass is 35.5. The maximum atomic E-state index is 12.9. The SMILES string of the molecule is CCOC(=O)/C(C#N)=C(/N)CC(=O)N1CC[C@@H](C)[C@@H](N(C)c2nc(Cl)nc3[nH]ccc23)C1. The topological polar surface area (TPSA) is 141 Å². The molecule has 0 unspecified atom stereocenters. The van der Waals surface area contributed by atoms with Crippen molar-refractivity contribution >= 4 is 40.3 Å². The van der Waals surface area contributed by atoms with Crippen LogP contribution in [0, 0.1) is 17.2 Å². The molecule has 2 aromatic heterocycles. The molecule has 10 nitrogen and oxygen atoms in total. The normalized spacial score (nSPS) is 19.3. The second-order valence-electron chi connectivity index (χ2n) is 7.75. The number of rotatable bonds is 6. The van der Waals surface area contributed by atoms with Gasteiger partial charge < -0.3 is 25.3 Å². The van der Waals surface area contributed by atoms with Gasteiger partial charge in [0, 0.05) is 32.0 Å². The number of likely N-dealkylation sites (tertiary alicyclic amines) is 1. The lowest BCUT2D eigenvalue weighted by Crippen LogP contribution is -2.53. The summed E-state index contributed by atoms with van der Waals surface area (Å²) in [4.78, 5) is 40.2. The third-order valence-electron chi connectivity index (χ3n) is 5.73. The minimum atomic E-state index is -0.818. The Kier molecular flexibility index (Phi) is 7.20. The minimum Gasteiger partial charge on any atom is -0.462 e. The number of hydrogen-bond donors (Lipinski definition) is 2. The van der Waals surface area contributed by atoms with Crippen molar-refractivity contribution < 1.29 is 14.3 Å². The number of carbonyl (C=O) groups excluding carboxylic acids is 2. The van der Waals surface area contributed by atoms with Gasteiger partial charge in [-0.2, -0.15) is 15.2 Å². The number of H-pyrrole nitrogens is 1. The third kappa shape index (κ3) is 4.78. The molecular weight excluding hydrogens is 434 g/mol. The quantitative estimate of drug-likeness (QED) is 0.289. The standard InChI is InChI=1S/C21H26ClN7O3/c1-4-32-20(31)14(10-23)15(24)9-17(30)29-8-6-12(2)16(11-29)28(3)19-13-5-7-25-18(13)26-21(22)27-19/h5,7,12,16H,4,6,8-9,11,24H2,1-3H3,(H,25,26,27)/b15-14+/t12-,16+/m1/s1. The van der Waals surface area contributed by atoms with Crippen LogP contribution < -0.4 is 10.6 Å². The van der Waals surface area contributed by atoms with E-state index in [1.54, 1.807) is 24.1 Å². The molecule has 0 aliphatic carbocycles. The first kappa shape index (κ1) is 23.3. The van der Waals surface area contributed by atoms with E-state index in [0.29, 0.717) is 24.6 Å². The number of nitriles is 1. The van der Waals surface area contributed by atoms with Crippen molar-refractivity contribution in [1.29, 1.82) is 5.26 Å². The summed E-state index contributed by atoms with van der Waals surface area (Å²) in [6.07, 6.45) is 2.33. The number of halogens is 1. The number of aromatic nitrogens is 3. The summed E-state index contributed by atoms with van der Waals surface area (Å²) in [5.41, 5.74) is 6.14. The highest BCUT2D eigenvalue weighted by molar-refractivity contribution is 6.28. The van der Waals surface area contributed by atoms with Gasteiger partial charge in [-0.05, 0) is 36.9 Å². The highest BCUT2D eigenvalue weighted by Crippen LogP contribution is 2.30. The fourth-order valence-corrected chi connectivity index (χ4v) is 4.08. The predicted molar refractivity (Wildman–Crippen MR) is 120 cm³/mol. The van der Waals surface area contributed by atoms with E-state index in [2.05, 4.69) is 21.9 Å². The fourth-order valence-electron chi connectivity index (χ4n) is 3.92. The Hall–Kier alpha value is -3.32. The number of nitrogens with zero attached hydrogens (tertiary/aromatic N) is 5. The van der Waals surface area contributed by atoms with E-state index < -0.39 is 5.97 Å². The minimum absolute atomic E-state index is 0.0255. The molecule has 0 bridgehead atoms. The molecule has 0 saturated carbocycles. The Bertz CT molecular complexity index is 1090. The number of nitrogens with one attached hydrogen (secondary N) is 1. The van der Waals surface area contributed by atoms with Gasteiger partial charge in [-0.3, -0.25) is 4.79 Å². The molecule has 2 atom stereocenters. The van der Waals surface area contributed by atoms with Crippen molar-refractivity contribution in [3.8, 4) is 6.07 Å². The van der Waals surface area contributed by atoms with Crippen LogP contribution >= 0.6 is 11.6 Å². The number of hydrogen-bond acceptors (Lipinski definition) is 8. The van der Waals surface area contributed by atoms with E-state index in [1.165, 1.54) is 0 Å². The smallest absolute Gasteiger partial charge is 0.350 e. The molecule has 1 aliphatic heterocycles. The van der Waals surface area contributed by atoms with E-state index in [-0.39, 0.29) is 47.4 Å². The molecule has 1 saturated heterocycles. The number of esters is 1. The number of ether oxygens (including phenoxy) is 1. The Balaban J connectivity index is 1.79. The lowest BCUT2D eigenvalue weighted by atomic mass is 9.92. The number of likely N-dealkylation sites (N-methyl/N-ethyl adjacent to an activating group) is 1. The van der Waals surface area contributed by atoms with E-state index in [9.17, 15) is 14.9 Å². The Morgan fingerprint density at radius 3 is 2.91 bits per heavy atom. The summed E-state index contributed by atoms with van der Waals surface area (Å²) in [7, 11) is 1.92. The molecule has 0 aromatic carbocycles. The number of aromatic amines is 1. The lowest BCUT2D eigenvalue weighted by Gasteiger charge is -2.42. The first-order valence-corrected chi connectivity index (χ1v) is 10.7. The van der Waals surface area contributed by atoms with Crippen molar-refractivity contribution in [2.75, 3.05) is 31.6 Å². The van der Waals surface area contributed by atoms with E-state index in [1.807, 2.05) is 18.0 Å². The molecule has 2 aromatic rings. The van der Waals surface area contributed by atoms with Gasteiger partial charge in [-0.25, -0.2) is 4.79 Å². The van der Waals surface area contributed by atoms with Crippen LogP contribution in [0.25, 0.3) is 11.0 Å². The molecule has 0 radical (unpaired) electrons. The van der Waals surface area contributed by atoms with Crippen molar-refractivity contribution in [1.82, 2.24) is 19.9 Å². The summed E-state index contributed by atoms with van der Waals surface area (Å²) >= 11 is 6.11. The van der Waals surface area contributed by atoms with Crippen LogP contribution in [0.3, 0.4) is 0 Å². The zero-order valence-corrected chi connectivity index (χ0v) is 19.0. The molecule has 3 N–H and O–H groups in total. The zero-order chi connectivity index (χ0) is 23.4. The number of nitrogens with two attached hydrogens (primary N) is 1. The predicted octanol–water partition coefficient (Wildman–Crippen LogP) is 1.97. The van der Waals surface area contributed by atoms with Crippen molar-refractivity contribution in [3.05, 3.63) is 28.8 Å². The van der Waals surface area contributed by atoms with Gasteiger partial charge in [-0.1, -0.05) is 6.92 Å². The number of piperidine rings is 1. The summed E-state index contributed by atoms with van der Waals surface area (Å²) in [5.74, 6) is -0.103. The van der Waals surface area contributed by atoms with Crippen LogP contribution in [0.1, 0.15) is 26.7 Å². The molecule has 0 spiro atoms. The van der Waals surface area contributed by atoms with E-state index in [0.717, 1.165) is 11.8 Å². The molecule has 1 amide bonds. The Labute approximate surface area is 191 Å². The monoisotopic (exact) mass is 459 g/mol. The maximum absolute atomic E-state index is 12.9. The van der Waals surface area contributed by atoms with Crippen LogP contribution in [-0.2, 0) is 14.3 Å². The first-order chi connectivity index (χ1) is 15.3. The van der Waals surface area contributed by atoms with Crippen LogP contribution in [0.15, 0.2) is 23.5 Å². The number of fused-ring (bicyclic) bond motifs is 1. The van der Waals surface area contributed by atoms with Gasteiger partial charge >= 0.3 is 5.97 Å². The summed E-state index contributed by atoms with van der Waals surface area (Å²) < 4.78 is 4.84. The third-order valence-corrected chi connectivity index (χ3v) is 5.89. The van der Waals surface area contributed by atoms with Crippen molar-refractivity contribution in [2.45, 2.75) is 32.7 Å². The molecule has 170 valence electrons. The second-order valence-corrected chi connectivity index (χ2v) is 8.09. The maximum Gasteiger partial charge on any atom is 0.350 e. The van der Waals surface area contributed by atoms with E-state index in [4.69, 9.17) is 22.1 Å². The van der Waals surface area contributed by atoms with Gasteiger partial charge in [0.25, 0.3) is 0 Å². The largest absolute Gasteiger partial charge is 0.462 e. The Morgan fingerprint density at radius 1 is 1.47 bits per heavy atom. The lowest BCUT2D eigenvalue weighted by molar-refractivity contribution is -0.138. The number of amides is 1. The average Bonchev–Trinajstić information content (AvgIpc) is 3.22. The van der Waals surface area contributed by atoms with E-state index >= 15 is 0 Å². The summed E-state index contributed by atoms with van der Waals surface area (Å²) in [6.45, 7) is 4.88. The zero-order valence-electron chi connectivity index (χ0n) is 18.3. The summed E-state index contributed by atoms with van der Waals surface area (Å²) in [6, 6.07) is 3.60. The molecular formula is C21H26ClN7O3. The molecule has 32 heavy (non-hydrogen) atoms. The molecule has 3 heterocycles. The van der Waals surface area contributed by atoms with Crippen LogP contribution in [0.4, 0.5) is 5.82 Å². The fraction of sp³-hybridized carbons (Fsp3) is 0.476. The Morgan fingerprint density at radius 2 is 2.22 bits per heavy atom. The van der Waals surface area contributed by atoms with Gasteiger partial charge in [0.1, 0.15) is 17.5 Å². The molecule has 11 heteroatoms. The van der Waals surface area contributed by atoms with Crippen LogP contribution in [0.2, 0.25) is 5.28 Å². The van der Waals surface area contributed by atoms with Gasteiger partial charge in [0.05, 0.1) is 24.5 Å². The van der Waals surface area contributed by atoms with Gasteiger partial charge in [-0.15, -0.1) is 0 Å². The van der Waals surface area contributed by atoms with Crippen molar-refractivity contribution in [2.24, 2.45) is 11.7 Å². The van der Waals surface area contributed by atoms with Crippen LogP contribution in [0.5, 0.6) is 0 Å². The van der Waals surface area contributed by atoms with Crippen LogP contribution in [-0.4, -0.2) is 64.5 Å². The summed E-state index contributed by atoms with van der Waals surface area (Å²) in [5, 5.41) is 10.2. The second kappa shape index (κ2) is 9.87. The number of carbonyl (C=O) groups is 2. The van der Waals surface area contributed by atoms with Crippen molar-refractivity contribution in [3.63, 3.8) is 0 Å². The number of anilines is 1. The average molecular weight is 460 g/mol. The highest BCUT2D eigenvalue weighted by Gasteiger charge is 2.33.